The van der Waals surface area contributed by atoms with Crippen LogP contribution in [-0.4, -0.2) is 49.8 Å². The first-order chi connectivity index (χ1) is 14.9. The summed E-state index contributed by atoms with van der Waals surface area (Å²) in [5.41, 5.74) is 1.87. The number of likely N-dealkylation sites (N-methyl/N-ethyl adjacent to an activating group) is 1. The summed E-state index contributed by atoms with van der Waals surface area (Å²) in [5.74, 6) is 0.608. The number of hydrogen-bond donors (Lipinski definition) is 0. The molecule has 2 aromatic carbocycles. The average molecular weight is 505 g/mol. The number of esters is 1. The highest BCUT2D eigenvalue weighted by Crippen LogP contribution is 2.39. The minimum Gasteiger partial charge on any atom is -0.493 e. The van der Waals surface area contributed by atoms with E-state index in [2.05, 4.69) is 20.9 Å². The van der Waals surface area contributed by atoms with E-state index in [-0.39, 0.29) is 11.9 Å². The van der Waals surface area contributed by atoms with Crippen molar-refractivity contribution in [3.8, 4) is 11.5 Å². The third kappa shape index (κ3) is 5.11. The highest BCUT2D eigenvalue weighted by molar-refractivity contribution is 9.10. The van der Waals surface area contributed by atoms with Crippen molar-refractivity contribution in [2.45, 2.75) is 6.92 Å². The molecule has 1 heterocycles. The number of benzene rings is 2. The number of thioether (sulfide) groups is 1. The molecule has 3 rings (SSSR count). The Bertz CT molecular complexity index is 1070. The van der Waals surface area contributed by atoms with Gasteiger partial charge in [-0.2, -0.15) is 0 Å². The maximum atomic E-state index is 12.7. The second-order valence-corrected chi connectivity index (χ2v) is 8.24. The van der Waals surface area contributed by atoms with E-state index < -0.39 is 0 Å². The van der Waals surface area contributed by atoms with Crippen LogP contribution in [0.15, 0.2) is 50.8 Å². The number of halogens is 1. The van der Waals surface area contributed by atoms with Gasteiger partial charge in [-0.3, -0.25) is 9.69 Å². The Kier molecular flexibility index (Phi) is 7.40. The van der Waals surface area contributed by atoms with Gasteiger partial charge < -0.3 is 14.2 Å². The van der Waals surface area contributed by atoms with Crippen molar-refractivity contribution in [2.75, 3.05) is 27.9 Å². The number of aliphatic imine (C=N–C) groups is 1. The molecule has 0 N–H and O–H groups in total. The van der Waals surface area contributed by atoms with Crippen LogP contribution in [0.1, 0.15) is 22.8 Å². The lowest BCUT2D eigenvalue weighted by atomic mass is 10.2. The molecule has 0 unspecified atom stereocenters. The Labute approximate surface area is 193 Å². The fourth-order valence-corrected chi connectivity index (χ4v) is 4.43. The topological polar surface area (TPSA) is 77.4 Å². The monoisotopic (exact) mass is 504 g/mol. The lowest BCUT2D eigenvalue weighted by Crippen LogP contribution is -2.23. The quantitative estimate of drug-likeness (QED) is 0.412. The van der Waals surface area contributed by atoms with Gasteiger partial charge in [0.05, 0.1) is 41.5 Å². The minimum absolute atomic E-state index is 0.155. The summed E-state index contributed by atoms with van der Waals surface area (Å²) < 4.78 is 16.4. The normalized spacial score (nSPS) is 16.2. The highest BCUT2D eigenvalue weighted by atomic mass is 79.9. The van der Waals surface area contributed by atoms with Crippen molar-refractivity contribution in [1.82, 2.24) is 4.90 Å². The zero-order chi connectivity index (χ0) is 22.5. The Morgan fingerprint density at radius 1 is 1.19 bits per heavy atom. The molecule has 0 radical (unpaired) electrons. The van der Waals surface area contributed by atoms with Crippen molar-refractivity contribution < 1.29 is 23.8 Å². The van der Waals surface area contributed by atoms with Crippen LogP contribution in [0, 0.1) is 0 Å². The molecule has 7 nitrogen and oxygen atoms in total. The first-order valence-corrected chi connectivity index (χ1v) is 10.9. The van der Waals surface area contributed by atoms with Crippen molar-refractivity contribution in [1.29, 1.82) is 0 Å². The molecule has 31 heavy (non-hydrogen) atoms. The number of ether oxygens (including phenoxy) is 3. The summed E-state index contributed by atoms with van der Waals surface area (Å²) in [5, 5.41) is 0.541. The Hall–Kier alpha value is -2.78. The zero-order valence-corrected chi connectivity index (χ0v) is 19.9. The lowest BCUT2D eigenvalue weighted by Gasteiger charge is -2.10. The summed E-state index contributed by atoms with van der Waals surface area (Å²) in [7, 11) is 4.79. The molecule has 1 amide bonds. The zero-order valence-electron chi connectivity index (χ0n) is 17.5. The molecule has 1 fully saturated rings. The van der Waals surface area contributed by atoms with Gasteiger partial charge in [0.15, 0.2) is 16.7 Å². The molecule has 0 saturated carbocycles. The third-order valence-corrected chi connectivity index (χ3v) is 6.01. The molecule has 2 aromatic rings. The number of rotatable bonds is 6. The molecule has 0 atom stereocenters. The van der Waals surface area contributed by atoms with Crippen LogP contribution in [-0.2, 0) is 9.53 Å². The molecular weight excluding hydrogens is 484 g/mol. The first kappa shape index (κ1) is 22.9. The molecule has 9 heteroatoms. The van der Waals surface area contributed by atoms with Crippen LogP contribution >= 0.6 is 27.7 Å². The molecular formula is C22H21BrN2O5S. The Balaban J connectivity index is 1.85. The molecule has 0 aliphatic carbocycles. The molecule has 1 saturated heterocycles. The maximum absolute atomic E-state index is 12.7. The summed E-state index contributed by atoms with van der Waals surface area (Å²) in [6, 6.07) is 10.4. The van der Waals surface area contributed by atoms with E-state index >= 15 is 0 Å². The number of methoxy groups -OCH3 is 2. The van der Waals surface area contributed by atoms with Crippen LogP contribution in [0.4, 0.5) is 5.69 Å². The highest BCUT2D eigenvalue weighted by Gasteiger charge is 2.30. The van der Waals surface area contributed by atoms with Gasteiger partial charge in [0.25, 0.3) is 5.91 Å². The maximum Gasteiger partial charge on any atom is 0.338 e. The van der Waals surface area contributed by atoms with Crippen LogP contribution < -0.4 is 9.47 Å². The van der Waals surface area contributed by atoms with Gasteiger partial charge in [-0.15, -0.1) is 0 Å². The molecule has 1 aliphatic heterocycles. The van der Waals surface area contributed by atoms with Crippen molar-refractivity contribution in [3.63, 3.8) is 0 Å². The van der Waals surface area contributed by atoms with Gasteiger partial charge >= 0.3 is 5.97 Å². The minimum atomic E-state index is -0.379. The number of carbonyl (C=O) groups excluding carboxylic acids is 2. The van der Waals surface area contributed by atoms with Crippen molar-refractivity contribution >= 4 is 56.5 Å². The smallest absolute Gasteiger partial charge is 0.338 e. The first-order valence-electron chi connectivity index (χ1n) is 9.33. The molecule has 0 aromatic heterocycles. The average Bonchev–Trinajstić information content (AvgIpc) is 3.01. The van der Waals surface area contributed by atoms with Gasteiger partial charge in [0.2, 0.25) is 0 Å². The van der Waals surface area contributed by atoms with Gasteiger partial charge in [0.1, 0.15) is 0 Å². The number of nitrogens with zero attached hydrogens (tertiary/aromatic N) is 2. The van der Waals surface area contributed by atoms with Crippen LogP contribution in [0.3, 0.4) is 0 Å². The number of amidine groups is 1. The fraction of sp³-hybridized carbons (Fsp3) is 0.227. The predicted molar refractivity (Wildman–Crippen MR) is 125 cm³/mol. The molecule has 0 bridgehead atoms. The summed E-state index contributed by atoms with van der Waals surface area (Å²) >= 11 is 4.74. The number of amides is 1. The fourth-order valence-electron chi connectivity index (χ4n) is 2.82. The van der Waals surface area contributed by atoms with Gasteiger partial charge in [-0.1, -0.05) is 0 Å². The molecule has 162 valence electrons. The lowest BCUT2D eigenvalue weighted by molar-refractivity contribution is -0.121. The SMILES string of the molecule is CCOC(=O)c1ccc(N=C2S/C(=C/c3cc(Br)c(OC)c(OC)c3)C(=O)N2C)cc1. The van der Waals surface area contributed by atoms with Crippen LogP contribution in [0.2, 0.25) is 0 Å². The van der Waals surface area contributed by atoms with E-state index in [1.54, 1.807) is 64.6 Å². The van der Waals surface area contributed by atoms with E-state index in [1.165, 1.54) is 16.7 Å². The van der Waals surface area contributed by atoms with E-state index in [4.69, 9.17) is 14.2 Å². The summed E-state index contributed by atoms with van der Waals surface area (Å²) in [6.45, 7) is 2.08. The van der Waals surface area contributed by atoms with Crippen LogP contribution in [0.25, 0.3) is 6.08 Å². The van der Waals surface area contributed by atoms with Gasteiger partial charge in [0, 0.05) is 7.05 Å². The van der Waals surface area contributed by atoms with Crippen molar-refractivity contribution in [3.05, 3.63) is 56.9 Å². The van der Waals surface area contributed by atoms with E-state index in [0.717, 1.165) is 10.0 Å². The Morgan fingerprint density at radius 3 is 2.52 bits per heavy atom. The largest absolute Gasteiger partial charge is 0.493 e. The molecule has 0 spiro atoms. The van der Waals surface area contributed by atoms with Gasteiger partial charge in [-0.05, 0) is 82.7 Å². The Morgan fingerprint density at radius 2 is 1.90 bits per heavy atom. The third-order valence-electron chi connectivity index (χ3n) is 4.36. The predicted octanol–water partition coefficient (Wildman–Crippen LogP) is 4.88. The van der Waals surface area contributed by atoms with Crippen LogP contribution in [0.5, 0.6) is 11.5 Å². The summed E-state index contributed by atoms with van der Waals surface area (Å²) in [4.78, 5) is 31.1. The second kappa shape index (κ2) is 10.0. The summed E-state index contributed by atoms with van der Waals surface area (Å²) in [6.07, 6.45) is 1.78. The standard InChI is InChI=1S/C22H21BrN2O5S/c1-5-30-21(27)14-6-8-15(9-7-14)24-22-25(2)20(26)18(31-22)12-13-10-16(23)19(29-4)17(11-13)28-3/h6-12H,5H2,1-4H3/b18-12+,24-22?. The number of hydrogen-bond acceptors (Lipinski definition) is 7. The van der Waals surface area contributed by atoms with Gasteiger partial charge in [-0.25, -0.2) is 9.79 Å². The number of carbonyl (C=O) groups is 2. The van der Waals surface area contributed by atoms with Crippen molar-refractivity contribution in [2.24, 2.45) is 4.99 Å². The van der Waals surface area contributed by atoms with E-state index in [1.807, 2.05) is 6.07 Å². The second-order valence-electron chi connectivity index (χ2n) is 6.37. The molecule has 1 aliphatic rings. The van der Waals surface area contributed by atoms with E-state index in [9.17, 15) is 9.59 Å². The van der Waals surface area contributed by atoms with E-state index in [0.29, 0.717) is 39.4 Å².